The summed E-state index contributed by atoms with van der Waals surface area (Å²) in [6.07, 6.45) is 5.63. The maximum atomic E-state index is 11.2. The quantitative estimate of drug-likeness (QED) is 0.370. The SMILES string of the molecule is C#CCNC(=O)C(C)NCCCO. The van der Waals surface area contributed by atoms with Crippen LogP contribution >= 0.6 is 0 Å². The van der Waals surface area contributed by atoms with E-state index in [0.29, 0.717) is 13.0 Å². The van der Waals surface area contributed by atoms with Gasteiger partial charge in [-0.3, -0.25) is 4.79 Å². The van der Waals surface area contributed by atoms with Gasteiger partial charge in [-0.1, -0.05) is 5.92 Å². The molecule has 0 fully saturated rings. The fourth-order valence-corrected chi connectivity index (χ4v) is 0.782. The molecule has 0 spiro atoms. The van der Waals surface area contributed by atoms with E-state index in [2.05, 4.69) is 16.6 Å². The first-order valence-electron chi connectivity index (χ1n) is 4.27. The Bertz CT molecular complexity index is 187. The Morgan fingerprint density at radius 2 is 2.38 bits per heavy atom. The lowest BCUT2D eigenvalue weighted by Crippen LogP contribution is -2.42. The van der Waals surface area contributed by atoms with Crippen molar-refractivity contribution in [2.45, 2.75) is 19.4 Å². The van der Waals surface area contributed by atoms with Crippen molar-refractivity contribution < 1.29 is 9.90 Å². The van der Waals surface area contributed by atoms with Gasteiger partial charge in [0, 0.05) is 6.61 Å². The fourth-order valence-electron chi connectivity index (χ4n) is 0.782. The minimum atomic E-state index is -0.264. The average Bonchev–Trinajstić information content (AvgIpc) is 2.14. The molecule has 13 heavy (non-hydrogen) atoms. The summed E-state index contributed by atoms with van der Waals surface area (Å²) in [6.45, 7) is 2.76. The zero-order chi connectivity index (χ0) is 10.1. The second kappa shape index (κ2) is 7.59. The molecular weight excluding hydrogens is 168 g/mol. The van der Waals surface area contributed by atoms with Gasteiger partial charge in [-0.15, -0.1) is 6.42 Å². The van der Waals surface area contributed by atoms with Gasteiger partial charge in [-0.2, -0.15) is 0 Å². The second-order valence-electron chi connectivity index (χ2n) is 2.67. The Kier molecular flexibility index (Phi) is 6.98. The summed E-state index contributed by atoms with van der Waals surface area (Å²) >= 11 is 0. The van der Waals surface area contributed by atoms with Gasteiger partial charge in [-0.25, -0.2) is 0 Å². The topological polar surface area (TPSA) is 61.4 Å². The summed E-state index contributed by atoms with van der Waals surface area (Å²) < 4.78 is 0. The van der Waals surface area contributed by atoms with Crippen molar-refractivity contribution in [2.24, 2.45) is 0 Å². The lowest BCUT2D eigenvalue weighted by Gasteiger charge is -2.11. The highest BCUT2D eigenvalue weighted by atomic mass is 16.3. The van der Waals surface area contributed by atoms with Crippen molar-refractivity contribution in [2.75, 3.05) is 19.7 Å². The molecule has 0 rings (SSSR count). The highest BCUT2D eigenvalue weighted by molar-refractivity contribution is 5.81. The number of amides is 1. The maximum Gasteiger partial charge on any atom is 0.237 e. The Balaban J connectivity index is 3.52. The molecule has 0 aromatic rings. The molecule has 0 aliphatic heterocycles. The van der Waals surface area contributed by atoms with Gasteiger partial charge in [0.25, 0.3) is 0 Å². The van der Waals surface area contributed by atoms with Crippen molar-refractivity contribution in [3.63, 3.8) is 0 Å². The maximum absolute atomic E-state index is 11.2. The lowest BCUT2D eigenvalue weighted by atomic mass is 10.3. The van der Waals surface area contributed by atoms with Crippen LogP contribution in [-0.4, -0.2) is 36.8 Å². The van der Waals surface area contributed by atoms with Crippen LogP contribution in [-0.2, 0) is 4.79 Å². The van der Waals surface area contributed by atoms with Crippen LogP contribution in [0.1, 0.15) is 13.3 Å². The van der Waals surface area contributed by atoms with Crippen molar-refractivity contribution in [1.29, 1.82) is 0 Å². The first kappa shape index (κ1) is 11.9. The summed E-state index contributed by atoms with van der Waals surface area (Å²) in [4.78, 5) is 11.2. The monoisotopic (exact) mass is 184 g/mol. The zero-order valence-electron chi connectivity index (χ0n) is 7.84. The van der Waals surface area contributed by atoms with Crippen LogP contribution in [0.15, 0.2) is 0 Å². The molecule has 3 N–H and O–H groups in total. The molecule has 1 atom stereocenters. The molecule has 0 radical (unpaired) electrons. The molecule has 0 aliphatic carbocycles. The second-order valence-corrected chi connectivity index (χ2v) is 2.67. The van der Waals surface area contributed by atoms with E-state index in [1.165, 1.54) is 0 Å². The number of hydrogen-bond acceptors (Lipinski definition) is 3. The van der Waals surface area contributed by atoms with E-state index >= 15 is 0 Å². The summed E-state index contributed by atoms with van der Waals surface area (Å²) in [6, 6.07) is -0.264. The summed E-state index contributed by atoms with van der Waals surface area (Å²) in [5.74, 6) is 2.21. The van der Waals surface area contributed by atoms with E-state index in [1.54, 1.807) is 6.92 Å². The number of rotatable bonds is 6. The highest BCUT2D eigenvalue weighted by Gasteiger charge is 2.09. The lowest BCUT2D eigenvalue weighted by molar-refractivity contribution is -0.122. The molecule has 0 aliphatic rings. The first-order chi connectivity index (χ1) is 6.22. The van der Waals surface area contributed by atoms with Crippen molar-refractivity contribution in [1.82, 2.24) is 10.6 Å². The molecule has 0 aromatic carbocycles. The van der Waals surface area contributed by atoms with E-state index < -0.39 is 0 Å². The van der Waals surface area contributed by atoms with Crippen LogP contribution in [0.25, 0.3) is 0 Å². The van der Waals surface area contributed by atoms with Crippen molar-refractivity contribution in [3.8, 4) is 12.3 Å². The normalized spacial score (nSPS) is 11.8. The summed E-state index contributed by atoms with van der Waals surface area (Å²) in [7, 11) is 0. The molecule has 0 heterocycles. The molecule has 0 aromatic heterocycles. The van der Waals surface area contributed by atoms with Crippen LogP contribution < -0.4 is 10.6 Å². The van der Waals surface area contributed by atoms with Gasteiger partial charge in [0.2, 0.25) is 5.91 Å². The molecule has 1 unspecified atom stereocenters. The standard InChI is InChI=1S/C9H16N2O2/c1-3-5-11-9(13)8(2)10-6-4-7-12/h1,8,10,12H,4-7H2,2H3,(H,11,13). The Morgan fingerprint density at radius 1 is 1.69 bits per heavy atom. The number of nitrogens with one attached hydrogen (secondary N) is 2. The minimum Gasteiger partial charge on any atom is -0.396 e. The summed E-state index contributed by atoms with van der Waals surface area (Å²) in [5, 5.41) is 14.0. The number of aliphatic hydroxyl groups is 1. The van der Waals surface area contributed by atoms with E-state index in [4.69, 9.17) is 11.5 Å². The molecule has 4 nitrogen and oxygen atoms in total. The molecule has 0 bridgehead atoms. The molecule has 1 amide bonds. The first-order valence-corrected chi connectivity index (χ1v) is 4.27. The van der Waals surface area contributed by atoms with Crippen LogP contribution in [0.2, 0.25) is 0 Å². The number of hydrogen-bond donors (Lipinski definition) is 3. The molecule has 74 valence electrons. The molecule has 0 saturated carbocycles. The molecule has 0 saturated heterocycles. The van der Waals surface area contributed by atoms with Crippen LogP contribution in [0.3, 0.4) is 0 Å². The van der Waals surface area contributed by atoms with Crippen molar-refractivity contribution >= 4 is 5.91 Å². The van der Waals surface area contributed by atoms with Crippen LogP contribution in [0.4, 0.5) is 0 Å². The fraction of sp³-hybridized carbons (Fsp3) is 0.667. The largest absolute Gasteiger partial charge is 0.396 e. The van der Waals surface area contributed by atoms with E-state index in [1.807, 2.05) is 0 Å². The molecule has 4 heteroatoms. The third-order valence-electron chi connectivity index (χ3n) is 1.54. The average molecular weight is 184 g/mol. The predicted molar refractivity (Wildman–Crippen MR) is 51.0 cm³/mol. The number of aliphatic hydroxyl groups excluding tert-OH is 1. The minimum absolute atomic E-state index is 0.115. The van der Waals surface area contributed by atoms with Crippen LogP contribution in [0.5, 0.6) is 0 Å². The number of carbonyl (C=O) groups is 1. The smallest absolute Gasteiger partial charge is 0.237 e. The Hall–Kier alpha value is -1.05. The Morgan fingerprint density at radius 3 is 2.92 bits per heavy atom. The molecular formula is C9H16N2O2. The van der Waals surface area contributed by atoms with E-state index in [9.17, 15) is 4.79 Å². The van der Waals surface area contributed by atoms with Gasteiger partial charge in [0.15, 0.2) is 0 Å². The number of carbonyl (C=O) groups excluding carboxylic acids is 1. The highest BCUT2D eigenvalue weighted by Crippen LogP contribution is 1.82. The zero-order valence-corrected chi connectivity index (χ0v) is 7.84. The van der Waals surface area contributed by atoms with Gasteiger partial charge >= 0.3 is 0 Å². The van der Waals surface area contributed by atoms with E-state index in [0.717, 1.165) is 0 Å². The van der Waals surface area contributed by atoms with Gasteiger partial charge < -0.3 is 15.7 Å². The van der Waals surface area contributed by atoms with Gasteiger partial charge in [0.1, 0.15) is 0 Å². The van der Waals surface area contributed by atoms with Gasteiger partial charge in [-0.05, 0) is 19.9 Å². The summed E-state index contributed by atoms with van der Waals surface area (Å²) in [5.41, 5.74) is 0. The third-order valence-corrected chi connectivity index (χ3v) is 1.54. The van der Waals surface area contributed by atoms with Crippen LogP contribution in [0, 0.1) is 12.3 Å². The van der Waals surface area contributed by atoms with E-state index in [-0.39, 0.29) is 25.1 Å². The van der Waals surface area contributed by atoms with Gasteiger partial charge in [0.05, 0.1) is 12.6 Å². The Labute approximate surface area is 78.7 Å². The third kappa shape index (κ3) is 6.14. The van der Waals surface area contributed by atoms with Crippen molar-refractivity contribution in [3.05, 3.63) is 0 Å². The predicted octanol–water partition coefficient (Wildman–Crippen LogP) is -0.904. The number of terminal acetylenes is 1.